The zero-order valence-corrected chi connectivity index (χ0v) is 20.0. The molecular formula is C22H21Cl2F3N2O4S. The summed E-state index contributed by atoms with van der Waals surface area (Å²) in [7, 11) is -4.15. The monoisotopic (exact) mass is 536 g/mol. The maximum atomic E-state index is 14.8. The summed E-state index contributed by atoms with van der Waals surface area (Å²) >= 11 is 5.89. The van der Waals surface area contributed by atoms with E-state index in [9.17, 15) is 31.2 Å². The quantitative estimate of drug-likeness (QED) is 0.578. The van der Waals surface area contributed by atoms with Crippen LogP contribution in [0.3, 0.4) is 0 Å². The zero-order valence-electron chi connectivity index (χ0n) is 17.6. The van der Waals surface area contributed by atoms with Gasteiger partial charge in [-0.2, -0.15) is 0 Å². The summed E-state index contributed by atoms with van der Waals surface area (Å²) in [5.41, 5.74) is 5.80. The van der Waals surface area contributed by atoms with Crippen LogP contribution in [0.25, 0.3) is 0 Å². The molecule has 2 aromatic carbocycles. The molecule has 0 unspecified atom stereocenters. The fraction of sp³-hybridized carbons (Fsp3) is 0.364. The van der Waals surface area contributed by atoms with Gasteiger partial charge in [0.25, 0.3) is 0 Å². The van der Waals surface area contributed by atoms with Gasteiger partial charge in [0.15, 0.2) is 15.6 Å². The Labute approximate surface area is 205 Å². The molecule has 184 valence electrons. The third-order valence-electron chi connectivity index (χ3n) is 5.86. The molecule has 1 aliphatic carbocycles. The molecule has 0 bridgehead atoms. The number of alkyl halides is 2. The Morgan fingerprint density at radius 2 is 1.79 bits per heavy atom. The first-order chi connectivity index (χ1) is 15.4. The third kappa shape index (κ3) is 5.25. The van der Waals surface area contributed by atoms with Crippen LogP contribution in [0.2, 0.25) is 5.02 Å². The fourth-order valence-electron chi connectivity index (χ4n) is 4.17. The van der Waals surface area contributed by atoms with Crippen LogP contribution in [0.4, 0.5) is 18.9 Å². The molecule has 6 nitrogen and oxygen atoms in total. The van der Waals surface area contributed by atoms with E-state index in [4.69, 9.17) is 17.3 Å². The minimum atomic E-state index is -4.15. The number of fused-ring (bicyclic) bond motifs is 1. The van der Waals surface area contributed by atoms with Gasteiger partial charge in [-0.05, 0) is 35.7 Å². The Balaban J connectivity index is 0.00000324. The average Bonchev–Trinajstić information content (AvgIpc) is 2.76. The number of nitrogens with zero attached hydrogens (tertiary/aromatic N) is 1. The molecule has 12 heteroatoms. The van der Waals surface area contributed by atoms with Crippen molar-refractivity contribution in [2.45, 2.75) is 42.7 Å². The second-order valence-corrected chi connectivity index (χ2v) is 10.9. The van der Waals surface area contributed by atoms with Gasteiger partial charge in [-0.15, -0.1) is 12.4 Å². The summed E-state index contributed by atoms with van der Waals surface area (Å²) in [6.45, 7) is -0.0969. The molecule has 1 atom stereocenters. The summed E-state index contributed by atoms with van der Waals surface area (Å²) in [5, 5.41) is 0.456. The summed E-state index contributed by atoms with van der Waals surface area (Å²) < 4.78 is 66.7. The SMILES string of the molecule is Cl.N[C@H]1CS(=O)(=O)c2cc(F)c(C(=O)CC3CC(F)(F)C3)cc2N(Cc2ccc(Cl)cc2)C1=O. The second-order valence-electron chi connectivity index (χ2n) is 8.50. The Kier molecular flexibility index (Phi) is 7.38. The fourth-order valence-corrected chi connectivity index (χ4v) is 5.86. The van der Waals surface area contributed by atoms with Crippen molar-refractivity contribution in [3.8, 4) is 0 Å². The van der Waals surface area contributed by atoms with Gasteiger partial charge in [-0.3, -0.25) is 9.59 Å². The Morgan fingerprint density at radius 1 is 1.18 bits per heavy atom. The number of hydrogen-bond acceptors (Lipinski definition) is 5. The van der Waals surface area contributed by atoms with Gasteiger partial charge in [0.1, 0.15) is 5.82 Å². The molecule has 1 aliphatic heterocycles. The van der Waals surface area contributed by atoms with Crippen molar-refractivity contribution >= 4 is 51.2 Å². The van der Waals surface area contributed by atoms with E-state index in [0.29, 0.717) is 16.7 Å². The molecule has 2 aromatic rings. The lowest BCUT2D eigenvalue weighted by atomic mass is 9.77. The number of halogens is 5. The van der Waals surface area contributed by atoms with Crippen molar-refractivity contribution in [3.63, 3.8) is 0 Å². The first kappa shape index (κ1) is 26.5. The summed E-state index contributed by atoms with van der Waals surface area (Å²) in [5.74, 6) is -6.68. The topological polar surface area (TPSA) is 97.5 Å². The lowest BCUT2D eigenvalue weighted by Crippen LogP contribution is -2.45. The third-order valence-corrected chi connectivity index (χ3v) is 7.91. The van der Waals surface area contributed by atoms with E-state index in [2.05, 4.69) is 0 Å². The van der Waals surface area contributed by atoms with Gasteiger partial charge in [0.2, 0.25) is 11.8 Å². The van der Waals surface area contributed by atoms with E-state index < -0.39 is 74.3 Å². The van der Waals surface area contributed by atoms with E-state index in [-0.39, 0.29) is 31.1 Å². The van der Waals surface area contributed by atoms with Crippen LogP contribution in [0.5, 0.6) is 0 Å². The standard InChI is InChI=1S/C22H20ClF3N2O4S.ClH/c23-14-3-1-12(2-4-14)10-28-18-6-15(19(29)5-13-8-22(25,26)9-13)16(24)7-20(18)33(31,32)11-17(27)21(28)30;/h1-4,6-7,13,17H,5,8-11,27H2;1H/t17-;/m0./s1. The number of carbonyl (C=O) groups is 2. The first-order valence-corrected chi connectivity index (χ1v) is 12.2. The van der Waals surface area contributed by atoms with Gasteiger partial charge in [-0.25, -0.2) is 21.6 Å². The molecule has 0 radical (unpaired) electrons. The van der Waals surface area contributed by atoms with Gasteiger partial charge in [-0.1, -0.05) is 23.7 Å². The Bertz CT molecular complexity index is 1230. The average molecular weight is 537 g/mol. The normalized spacial score (nSPS) is 21.1. The lowest BCUT2D eigenvalue weighted by Gasteiger charge is -2.34. The summed E-state index contributed by atoms with van der Waals surface area (Å²) in [6, 6.07) is 6.75. The van der Waals surface area contributed by atoms with Crippen molar-refractivity contribution in [3.05, 3.63) is 58.4 Å². The largest absolute Gasteiger partial charge is 0.319 e. The maximum Gasteiger partial charge on any atom is 0.248 e. The van der Waals surface area contributed by atoms with Gasteiger partial charge in [0.05, 0.1) is 34.5 Å². The Morgan fingerprint density at radius 3 is 2.38 bits per heavy atom. The van der Waals surface area contributed by atoms with Crippen LogP contribution in [0.15, 0.2) is 41.3 Å². The lowest BCUT2D eigenvalue weighted by molar-refractivity contribution is -0.119. The highest BCUT2D eigenvalue weighted by Gasteiger charge is 2.46. The number of benzene rings is 2. The number of ketones is 1. The highest BCUT2D eigenvalue weighted by atomic mass is 35.5. The van der Waals surface area contributed by atoms with E-state index in [0.717, 1.165) is 11.0 Å². The number of nitrogens with two attached hydrogens (primary N) is 1. The van der Waals surface area contributed by atoms with Gasteiger partial charge in [0, 0.05) is 24.3 Å². The molecule has 1 saturated carbocycles. The van der Waals surface area contributed by atoms with Crippen LogP contribution in [0, 0.1) is 11.7 Å². The number of carbonyl (C=O) groups excluding carboxylic acids is 2. The number of sulfone groups is 1. The number of amides is 1. The maximum absolute atomic E-state index is 14.8. The van der Waals surface area contributed by atoms with Gasteiger partial charge < -0.3 is 10.6 Å². The van der Waals surface area contributed by atoms with E-state index in [1.165, 1.54) is 0 Å². The minimum absolute atomic E-state index is 0. The van der Waals surface area contributed by atoms with Crippen molar-refractivity contribution in [1.82, 2.24) is 0 Å². The van der Waals surface area contributed by atoms with E-state index in [1.807, 2.05) is 0 Å². The molecule has 0 aromatic heterocycles. The molecule has 0 saturated heterocycles. The van der Waals surface area contributed by atoms with Crippen molar-refractivity contribution in [2.75, 3.05) is 10.7 Å². The predicted molar refractivity (Wildman–Crippen MR) is 123 cm³/mol. The molecule has 2 N–H and O–H groups in total. The second kappa shape index (κ2) is 9.49. The van der Waals surface area contributed by atoms with Crippen LogP contribution >= 0.6 is 24.0 Å². The molecule has 1 amide bonds. The highest BCUT2D eigenvalue weighted by molar-refractivity contribution is 7.91. The predicted octanol–water partition coefficient (Wildman–Crippen LogP) is 4.17. The molecule has 2 aliphatic rings. The Hall–Kier alpha value is -2.14. The smallest absolute Gasteiger partial charge is 0.248 e. The zero-order chi connectivity index (χ0) is 24.1. The van der Waals surface area contributed by atoms with Crippen molar-refractivity contribution < 1.29 is 31.2 Å². The van der Waals surface area contributed by atoms with Crippen LogP contribution in [-0.4, -0.2) is 37.8 Å². The molecule has 4 rings (SSSR count). The number of hydrogen-bond donors (Lipinski definition) is 1. The molecule has 1 heterocycles. The summed E-state index contributed by atoms with van der Waals surface area (Å²) in [6.07, 6.45) is -1.23. The summed E-state index contributed by atoms with van der Waals surface area (Å²) in [4.78, 5) is 26.3. The highest BCUT2D eigenvalue weighted by Crippen LogP contribution is 2.45. The number of anilines is 1. The number of rotatable bonds is 5. The number of Topliss-reactive ketones (excluding diaryl/α,β-unsaturated/α-hetero) is 1. The van der Waals surface area contributed by atoms with Crippen molar-refractivity contribution in [2.24, 2.45) is 11.7 Å². The van der Waals surface area contributed by atoms with Gasteiger partial charge >= 0.3 is 0 Å². The minimum Gasteiger partial charge on any atom is -0.319 e. The molecular weight excluding hydrogens is 516 g/mol. The first-order valence-electron chi connectivity index (χ1n) is 10.1. The molecule has 0 spiro atoms. The van der Waals surface area contributed by atoms with E-state index >= 15 is 0 Å². The van der Waals surface area contributed by atoms with E-state index in [1.54, 1.807) is 24.3 Å². The van der Waals surface area contributed by atoms with Crippen LogP contribution in [-0.2, 0) is 21.2 Å². The van der Waals surface area contributed by atoms with Crippen LogP contribution in [0.1, 0.15) is 35.2 Å². The molecule has 1 fully saturated rings. The molecule has 34 heavy (non-hydrogen) atoms. The van der Waals surface area contributed by atoms with Crippen LogP contribution < -0.4 is 10.6 Å². The van der Waals surface area contributed by atoms with Crippen molar-refractivity contribution in [1.29, 1.82) is 0 Å².